The molecule has 0 bridgehead atoms. The van der Waals surface area contributed by atoms with Crippen LogP contribution in [0.1, 0.15) is 37.5 Å². The largest absolute Gasteiger partial charge is 0.396 e. The van der Waals surface area contributed by atoms with E-state index < -0.39 is 10.0 Å². The van der Waals surface area contributed by atoms with Gasteiger partial charge in [0.15, 0.2) is 5.65 Å². The molecular weight excluding hydrogens is 426 g/mol. The number of aliphatic hydroxyl groups excluding tert-OH is 1. The second kappa shape index (κ2) is 8.04. The van der Waals surface area contributed by atoms with E-state index >= 15 is 0 Å². The lowest BCUT2D eigenvalue weighted by Crippen LogP contribution is -2.20. The zero-order valence-electron chi connectivity index (χ0n) is 17.4. The predicted octanol–water partition coefficient (Wildman–Crippen LogP) is 3.41. The Bertz CT molecular complexity index is 1430. The van der Waals surface area contributed by atoms with Crippen molar-refractivity contribution in [1.29, 1.82) is 5.26 Å². The summed E-state index contributed by atoms with van der Waals surface area (Å²) in [6.45, 7) is -0.0309. The molecule has 5 rings (SSSR count). The molecule has 0 amide bonds. The quantitative estimate of drug-likeness (QED) is 0.499. The first-order chi connectivity index (χ1) is 15.5. The van der Waals surface area contributed by atoms with E-state index in [4.69, 9.17) is 4.98 Å². The molecule has 32 heavy (non-hydrogen) atoms. The maximum absolute atomic E-state index is 13.2. The first-order valence-corrected chi connectivity index (χ1v) is 12.2. The average Bonchev–Trinajstić information content (AvgIpc) is 3.41. The number of aliphatic hydroxyl groups is 1. The first kappa shape index (κ1) is 20.7. The average molecular weight is 450 g/mol. The molecule has 0 saturated heterocycles. The minimum atomic E-state index is -3.79. The molecule has 1 aliphatic rings. The number of aromatic nitrogens is 4. The number of benzene rings is 1. The highest BCUT2D eigenvalue weighted by Gasteiger charge is 2.28. The van der Waals surface area contributed by atoms with Gasteiger partial charge in [-0.3, -0.25) is 0 Å². The van der Waals surface area contributed by atoms with Crippen molar-refractivity contribution >= 4 is 32.1 Å². The zero-order chi connectivity index (χ0) is 22.3. The van der Waals surface area contributed by atoms with Crippen molar-refractivity contribution in [2.75, 3.05) is 6.61 Å². The van der Waals surface area contributed by atoms with Crippen molar-refractivity contribution in [3.05, 3.63) is 54.6 Å². The van der Waals surface area contributed by atoms with Crippen molar-refractivity contribution < 1.29 is 13.5 Å². The molecule has 164 valence electrons. The van der Waals surface area contributed by atoms with Gasteiger partial charge in [0.25, 0.3) is 10.0 Å². The van der Waals surface area contributed by atoms with Gasteiger partial charge in [0.1, 0.15) is 11.3 Å². The normalized spacial score (nSPS) is 19.4. The molecule has 1 fully saturated rings. The summed E-state index contributed by atoms with van der Waals surface area (Å²) in [6, 6.07) is 12.6. The van der Waals surface area contributed by atoms with Gasteiger partial charge in [0.05, 0.1) is 29.3 Å². The van der Waals surface area contributed by atoms with Gasteiger partial charge < -0.3 is 9.67 Å². The molecule has 0 spiro atoms. The Kier molecular flexibility index (Phi) is 5.19. The molecule has 0 unspecified atom stereocenters. The van der Waals surface area contributed by atoms with Crippen molar-refractivity contribution in [3.8, 4) is 6.07 Å². The molecule has 3 heterocycles. The number of rotatable bonds is 5. The van der Waals surface area contributed by atoms with Gasteiger partial charge in [0, 0.05) is 30.0 Å². The van der Waals surface area contributed by atoms with Gasteiger partial charge in [-0.25, -0.2) is 22.4 Å². The van der Waals surface area contributed by atoms with Crippen LogP contribution in [0.4, 0.5) is 0 Å². The Labute approximate surface area is 185 Å². The van der Waals surface area contributed by atoms with E-state index in [9.17, 15) is 18.8 Å². The van der Waals surface area contributed by atoms with Gasteiger partial charge >= 0.3 is 0 Å². The van der Waals surface area contributed by atoms with Crippen LogP contribution in [0.3, 0.4) is 0 Å². The number of nitriles is 1. The fraction of sp³-hybridized carbons (Fsp3) is 0.348. The maximum Gasteiger partial charge on any atom is 0.269 e. The number of fused-ring (bicyclic) bond motifs is 3. The topological polar surface area (TPSA) is 114 Å². The van der Waals surface area contributed by atoms with E-state index in [0.29, 0.717) is 23.0 Å². The van der Waals surface area contributed by atoms with Crippen LogP contribution in [0.15, 0.2) is 53.7 Å². The SMILES string of the molecule is N#CC1CCC(n2c(CCO)nc3cnc4c(ccn4S(=O)(=O)c4ccccc4)c32)CC1. The summed E-state index contributed by atoms with van der Waals surface area (Å²) in [5.41, 5.74) is 1.86. The van der Waals surface area contributed by atoms with Crippen molar-refractivity contribution in [1.82, 2.24) is 18.5 Å². The lowest BCUT2D eigenvalue weighted by atomic mass is 9.86. The predicted molar refractivity (Wildman–Crippen MR) is 119 cm³/mol. The van der Waals surface area contributed by atoms with E-state index in [-0.39, 0.29) is 23.5 Å². The lowest BCUT2D eigenvalue weighted by Gasteiger charge is -2.28. The highest BCUT2D eigenvalue weighted by atomic mass is 32.2. The Hall–Kier alpha value is -3.22. The Morgan fingerprint density at radius 3 is 2.56 bits per heavy atom. The second-order valence-corrected chi connectivity index (χ2v) is 9.98. The van der Waals surface area contributed by atoms with Crippen LogP contribution in [0.2, 0.25) is 0 Å². The molecule has 4 aromatic rings. The molecule has 0 radical (unpaired) electrons. The van der Waals surface area contributed by atoms with Gasteiger partial charge in [-0.1, -0.05) is 18.2 Å². The van der Waals surface area contributed by atoms with Crippen molar-refractivity contribution in [3.63, 3.8) is 0 Å². The van der Waals surface area contributed by atoms with E-state index in [1.807, 2.05) is 0 Å². The number of hydrogen-bond donors (Lipinski definition) is 1. The summed E-state index contributed by atoms with van der Waals surface area (Å²) in [7, 11) is -3.79. The summed E-state index contributed by atoms with van der Waals surface area (Å²) in [6.07, 6.45) is 6.86. The molecule has 8 nitrogen and oxygen atoms in total. The summed E-state index contributed by atoms with van der Waals surface area (Å²) in [4.78, 5) is 9.36. The van der Waals surface area contributed by atoms with Crippen LogP contribution < -0.4 is 0 Å². The van der Waals surface area contributed by atoms with Crippen LogP contribution in [0, 0.1) is 17.2 Å². The van der Waals surface area contributed by atoms with Crippen LogP contribution >= 0.6 is 0 Å². The van der Waals surface area contributed by atoms with Gasteiger partial charge in [0.2, 0.25) is 0 Å². The molecule has 0 atom stereocenters. The molecule has 0 aliphatic heterocycles. The van der Waals surface area contributed by atoms with E-state index in [1.54, 1.807) is 42.6 Å². The first-order valence-electron chi connectivity index (χ1n) is 10.7. The molecule has 1 saturated carbocycles. The lowest BCUT2D eigenvalue weighted by molar-refractivity contribution is 0.282. The van der Waals surface area contributed by atoms with Gasteiger partial charge in [-0.2, -0.15) is 5.26 Å². The van der Waals surface area contributed by atoms with E-state index in [2.05, 4.69) is 15.6 Å². The number of pyridine rings is 1. The molecule has 1 N–H and O–H groups in total. The summed E-state index contributed by atoms with van der Waals surface area (Å²) in [5, 5.41) is 19.6. The Morgan fingerprint density at radius 2 is 1.88 bits per heavy atom. The van der Waals surface area contributed by atoms with Gasteiger partial charge in [-0.15, -0.1) is 0 Å². The highest BCUT2D eigenvalue weighted by Crippen LogP contribution is 2.37. The third-order valence-corrected chi connectivity index (χ3v) is 7.96. The van der Waals surface area contributed by atoms with Crippen molar-refractivity contribution in [2.24, 2.45) is 5.92 Å². The molecule has 1 aliphatic carbocycles. The fourth-order valence-electron chi connectivity index (χ4n) is 4.73. The van der Waals surface area contributed by atoms with Crippen LogP contribution in [0.25, 0.3) is 22.1 Å². The number of nitrogens with zero attached hydrogens (tertiary/aromatic N) is 5. The monoisotopic (exact) mass is 449 g/mol. The smallest absolute Gasteiger partial charge is 0.269 e. The molecular formula is C23H23N5O3S. The third kappa shape index (κ3) is 3.27. The highest BCUT2D eigenvalue weighted by molar-refractivity contribution is 7.90. The third-order valence-electron chi connectivity index (χ3n) is 6.28. The molecule has 9 heteroatoms. The standard InChI is InChI=1S/C23H23N5O3S/c24-14-16-6-8-17(9-7-16)28-21(11-13-29)26-20-15-25-23-19(22(20)28)10-12-27(23)32(30,31)18-4-2-1-3-5-18/h1-5,10,12,15-17,29H,6-9,11,13H2. The van der Waals surface area contributed by atoms with E-state index in [1.165, 1.54) is 10.2 Å². The fourth-order valence-corrected chi connectivity index (χ4v) is 6.05. The van der Waals surface area contributed by atoms with Gasteiger partial charge in [-0.05, 0) is 43.9 Å². The second-order valence-electron chi connectivity index (χ2n) is 8.17. The Balaban J connectivity index is 1.69. The van der Waals surface area contributed by atoms with Crippen LogP contribution in [0.5, 0.6) is 0 Å². The minimum absolute atomic E-state index is 0.0309. The summed E-state index contributed by atoms with van der Waals surface area (Å²) < 4.78 is 29.8. The summed E-state index contributed by atoms with van der Waals surface area (Å²) >= 11 is 0. The molecule has 3 aromatic heterocycles. The number of hydrogen-bond acceptors (Lipinski definition) is 6. The van der Waals surface area contributed by atoms with Crippen molar-refractivity contribution in [2.45, 2.75) is 43.0 Å². The maximum atomic E-state index is 13.2. The minimum Gasteiger partial charge on any atom is -0.396 e. The van der Waals surface area contributed by atoms with E-state index in [0.717, 1.165) is 37.0 Å². The molecule has 1 aromatic carbocycles. The Morgan fingerprint density at radius 1 is 1.12 bits per heavy atom. The summed E-state index contributed by atoms with van der Waals surface area (Å²) in [5.74, 6) is 0.831. The number of imidazole rings is 1. The van der Waals surface area contributed by atoms with Crippen LogP contribution in [-0.2, 0) is 16.4 Å². The van der Waals surface area contributed by atoms with Crippen LogP contribution in [-0.4, -0.2) is 38.6 Å². The zero-order valence-corrected chi connectivity index (χ0v) is 18.2.